The van der Waals surface area contributed by atoms with Crippen LogP contribution >= 0.6 is 68.0 Å². The second-order valence-corrected chi connectivity index (χ2v) is 24.7. The summed E-state index contributed by atoms with van der Waals surface area (Å²) in [6, 6.07) is 21.3. The lowest BCUT2D eigenvalue weighted by molar-refractivity contribution is 0.273. The number of rotatable bonds is 11. The summed E-state index contributed by atoms with van der Waals surface area (Å²) >= 11 is 11.4. The second kappa shape index (κ2) is 15.5. The molecule has 0 atom stereocenters. The number of nitrogens with zero attached hydrogens (tertiary/aromatic N) is 1. The molecular weight excluding hydrogens is 787 g/mol. The van der Waals surface area contributed by atoms with E-state index in [0.29, 0.717) is 24.4 Å². The second-order valence-electron chi connectivity index (χ2n) is 18.2. The first-order valence-electron chi connectivity index (χ1n) is 19.4. The standard InChI is InChI=1S/C47H53NOS6/c1-25(2)17-29-13-15-34(50-29)40-31-20-36(37-22-33(49-24-27(5)6)45(53-37)42-28(23-48)19-38(54-42)46(7,8)9)52-43(31)41(35-16-14-30(51-35)18-26(3)4)32-21-39(47(10,11)12)55-44(32)40/h13-16,19-22,25-27H,17-18,24H2,1-12H3. The smallest absolute Gasteiger partial charge is 0.139 e. The van der Waals surface area contributed by atoms with Gasteiger partial charge in [0.15, 0.2) is 0 Å². The van der Waals surface area contributed by atoms with E-state index in [4.69, 9.17) is 4.74 Å². The molecule has 6 aromatic heterocycles. The molecule has 8 heteroatoms. The van der Waals surface area contributed by atoms with Gasteiger partial charge in [-0.25, -0.2) is 0 Å². The van der Waals surface area contributed by atoms with E-state index in [1.54, 1.807) is 22.7 Å². The minimum Gasteiger partial charge on any atom is -0.492 e. The number of benzene rings is 1. The third kappa shape index (κ3) is 8.31. The van der Waals surface area contributed by atoms with Crippen molar-refractivity contribution < 1.29 is 4.74 Å². The topological polar surface area (TPSA) is 33.0 Å². The minimum atomic E-state index is -0.0425. The fraction of sp³-hybridized carbons (Fsp3) is 0.426. The van der Waals surface area contributed by atoms with E-state index in [-0.39, 0.29) is 10.8 Å². The maximum Gasteiger partial charge on any atom is 0.139 e. The maximum atomic E-state index is 10.3. The first-order chi connectivity index (χ1) is 25.9. The zero-order chi connectivity index (χ0) is 39.6. The van der Waals surface area contributed by atoms with Crippen molar-refractivity contribution in [2.24, 2.45) is 17.8 Å². The highest BCUT2D eigenvalue weighted by Gasteiger charge is 2.29. The molecule has 2 nitrogen and oxygen atoms in total. The molecule has 0 saturated heterocycles. The van der Waals surface area contributed by atoms with Gasteiger partial charge in [-0.2, -0.15) is 5.26 Å². The van der Waals surface area contributed by atoms with E-state index in [2.05, 4.69) is 138 Å². The summed E-state index contributed by atoms with van der Waals surface area (Å²) in [6.07, 6.45) is 2.19. The summed E-state index contributed by atoms with van der Waals surface area (Å²) < 4.78 is 9.35. The number of ether oxygens (including phenoxy) is 1. The van der Waals surface area contributed by atoms with Crippen molar-refractivity contribution in [1.82, 2.24) is 0 Å². The minimum absolute atomic E-state index is 0.0425. The quantitative estimate of drug-likeness (QED) is 0.130. The van der Waals surface area contributed by atoms with Crippen molar-refractivity contribution in [3.8, 4) is 52.2 Å². The molecule has 0 saturated carbocycles. The summed E-state index contributed by atoms with van der Waals surface area (Å²) in [7, 11) is 0. The van der Waals surface area contributed by atoms with Crippen LogP contribution in [0, 0.1) is 29.1 Å². The summed E-state index contributed by atoms with van der Waals surface area (Å²) in [5.41, 5.74) is 3.49. The first kappa shape index (κ1) is 40.4. The molecule has 288 valence electrons. The fourth-order valence-electron chi connectivity index (χ4n) is 6.83. The summed E-state index contributed by atoms with van der Waals surface area (Å²) in [5, 5.41) is 13.0. The van der Waals surface area contributed by atoms with Crippen LogP contribution in [-0.4, -0.2) is 6.61 Å². The first-order valence-corrected chi connectivity index (χ1v) is 24.3. The SMILES string of the molecule is CC(C)COc1cc(-c2cc3c(-c4ccc(CC(C)C)s4)c4sc(C(C)(C)C)cc4c(-c4ccc(CC(C)C)s4)c3s2)sc1-c1sc(C(C)(C)C)cc1C#N. The van der Waals surface area contributed by atoms with Crippen molar-refractivity contribution in [3.63, 3.8) is 0 Å². The number of hydrogen-bond donors (Lipinski definition) is 0. The summed E-state index contributed by atoms with van der Waals surface area (Å²) in [6.45, 7) is 28.0. The number of nitriles is 1. The zero-order valence-corrected chi connectivity index (χ0v) is 39.2. The van der Waals surface area contributed by atoms with E-state index >= 15 is 0 Å². The predicted octanol–water partition coefficient (Wildman–Crippen LogP) is 16.9. The van der Waals surface area contributed by atoms with E-state index in [9.17, 15) is 5.26 Å². The van der Waals surface area contributed by atoms with Crippen molar-refractivity contribution in [2.45, 2.75) is 107 Å². The molecular formula is C47H53NOS6. The number of hydrogen-bond acceptors (Lipinski definition) is 8. The third-order valence-electron chi connectivity index (χ3n) is 9.54. The molecule has 1 aromatic carbocycles. The molecule has 0 amide bonds. The highest BCUT2D eigenvalue weighted by molar-refractivity contribution is 7.30. The van der Waals surface area contributed by atoms with Crippen molar-refractivity contribution in [1.29, 1.82) is 5.26 Å². The Morgan fingerprint density at radius 1 is 0.564 bits per heavy atom. The van der Waals surface area contributed by atoms with Crippen LogP contribution in [0.25, 0.3) is 60.6 Å². The highest BCUT2D eigenvalue weighted by atomic mass is 32.1. The zero-order valence-electron chi connectivity index (χ0n) is 34.3. The van der Waals surface area contributed by atoms with Gasteiger partial charge in [-0.05, 0) is 83.9 Å². The predicted molar refractivity (Wildman–Crippen MR) is 250 cm³/mol. The van der Waals surface area contributed by atoms with Crippen LogP contribution in [0.15, 0.2) is 48.5 Å². The van der Waals surface area contributed by atoms with Crippen molar-refractivity contribution in [3.05, 3.63) is 73.6 Å². The largest absolute Gasteiger partial charge is 0.492 e. The number of fused-ring (bicyclic) bond motifs is 2. The van der Waals surface area contributed by atoms with Gasteiger partial charge in [-0.1, -0.05) is 83.1 Å². The molecule has 0 fully saturated rings. The van der Waals surface area contributed by atoms with Gasteiger partial charge >= 0.3 is 0 Å². The fourth-order valence-corrected chi connectivity index (χ4v) is 14.6. The van der Waals surface area contributed by atoms with E-state index in [1.807, 2.05) is 45.3 Å². The average molecular weight is 840 g/mol. The molecule has 7 rings (SSSR count). The molecule has 0 N–H and O–H groups in total. The molecule has 0 unspecified atom stereocenters. The Hall–Kier alpha value is -2.77. The Balaban J connectivity index is 1.51. The van der Waals surface area contributed by atoms with Crippen molar-refractivity contribution >= 4 is 88.2 Å². The highest BCUT2D eigenvalue weighted by Crippen LogP contribution is 2.56. The molecule has 6 heterocycles. The number of thiophene rings is 6. The van der Waals surface area contributed by atoms with Gasteiger partial charge in [0.1, 0.15) is 11.8 Å². The van der Waals surface area contributed by atoms with Gasteiger partial charge < -0.3 is 4.74 Å². The van der Waals surface area contributed by atoms with Crippen LogP contribution in [0.3, 0.4) is 0 Å². The third-order valence-corrected chi connectivity index (χ3v) is 17.6. The molecule has 0 aliphatic heterocycles. The Bertz CT molecular complexity index is 2410. The molecule has 0 bridgehead atoms. The van der Waals surface area contributed by atoms with E-state index < -0.39 is 0 Å². The van der Waals surface area contributed by atoms with Crippen LogP contribution in [0.1, 0.15) is 108 Å². The van der Waals surface area contributed by atoms with Crippen molar-refractivity contribution in [2.75, 3.05) is 6.61 Å². The van der Waals surface area contributed by atoms with Gasteiger partial charge in [0.25, 0.3) is 0 Å². The van der Waals surface area contributed by atoms with Gasteiger partial charge in [-0.3, -0.25) is 0 Å². The summed E-state index contributed by atoms with van der Waals surface area (Å²) in [4.78, 5) is 12.8. The lowest BCUT2D eigenvalue weighted by Crippen LogP contribution is -2.07. The average Bonchev–Trinajstić information content (AvgIpc) is 3.92. The van der Waals surface area contributed by atoms with Crippen LogP contribution in [0.4, 0.5) is 0 Å². The normalized spacial score (nSPS) is 12.7. The molecule has 0 aliphatic rings. The molecule has 0 spiro atoms. The Morgan fingerprint density at radius 3 is 1.62 bits per heavy atom. The maximum absolute atomic E-state index is 10.3. The van der Waals surface area contributed by atoms with Crippen LogP contribution in [0.5, 0.6) is 5.75 Å². The van der Waals surface area contributed by atoms with Crippen LogP contribution in [0.2, 0.25) is 0 Å². The van der Waals surface area contributed by atoms with Gasteiger partial charge in [0.2, 0.25) is 0 Å². The Morgan fingerprint density at radius 2 is 1.09 bits per heavy atom. The lowest BCUT2D eigenvalue weighted by Gasteiger charge is -2.15. The van der Waals surface area contributed by atoms with Crippen LogP contribution in [-0.2, 0) is 23.7 Å². The Labute approximate surface area is 352 Å². The molecule has 0 radical (unpaired) electrons. The van der Waals surface area contributed by atoms with Gasteiger partial charge in [0.05, 0.1) is 21.9 Å². The van der Waals surface area contributed by atoms with Gasteiger partial charge in [0, 0.05) is 76.4 Å². The van der Waals surface area contributed by atoms with E-state index in [0.717, 1.165) is 33.9 Å². The van der Waals surface area contributed by atoms with E-state index in [1.165, 1.54) is 70.3 Å². The molecule has 0 aliphatic carbocycles. The molecule has 7 aromatic rings. The Kier molecular flexibility index (Phi) is 11.4. The monoisotopic (exact) mass is 839 g/mol. The molecule has 55 heavy (non-hydrogen) atoms. The van der Waals surface area contributed by atoms with Gasteiger partial charge in [-0.15, -0.1) is 68.0 Å². The summed E-state index contributed by atoms with van der Waals surface area (Å²) in [5.74, 6) is 2.49. The van der Waals surface area contributed by atoms with Crippen LogP contribution < -0.4 is 4.74 Å². The lowest BCUT2D eigenvalue weighted by atomic mass is 9.93.